The summed E-state index contributed by atoms with van der Waals surface area (Å²) in [6.45, 7) is 1.73. The molecule has 4 heteroatoms. The van der Waals surface area contributed by atoms with Crippen molar-refractivity contribution in [2.24, 2.45) is 5.92 Å². The molecule has 0 spiro atoms. The van der Waals surface area contributed by atoms with E-state index in [4.69, 9.17) is 0 Å². The van der Waals surface area contributed by atoms with E-state index in [1.165, 1.54) is 32.1 Å². The molecule has 0 aromatic heterocycles. The minimum absolute atomic E-state index is 0.162. The van der Waals surface area contributed by atoms with Crippen LogP contribution in [0.1, 0.15) is 39.0 Å². The maximum Gasteiger partial charge on any atom is 0.151 e. The fourth-order valence-electron chi connectivity index (χ4n) is 2.38. The highest BCUT2D eigenvalue weighted by Crippen LogP contribution is 2.27. The van der Waals surface area contributed by atoms with Gasteiger partial charge < -0.3 is 5.32 Å². The van der Waals surface area contributed by atoms with Crippen LogP contribution in [0.5, 0.6) is 0 Å². The minimum atomic E-state index is -2.84. The van der Waals surface area contributed by atoms with E-state index in [2.05, 4.69) is 5.32 Å². The van der Waals surface area contributed by atoms with Crippen molar-refractivity contribution in [3.63, 3.8) is 0 Å². The zero-order valence-corrected chi connectivity index (χ0v) is 10.6. The standard InChI is InChI=1S/C11H23NO2S/c1-3-15(13,14)9-11(12-2)10-7-5-4-6-8-10/h10-12H,3-9H2,1-2H3. The van der Waals surface area contributed by atoms with Crippen molar-refractivity contribution in [2.45, 2.75) is 45.1 Å². The zero-order valence-electron chi connectivity index (χ0n) is 9.83. The zero-order chi connectivity index (χ0) is 11.3. The van der Waals surface area contributed by atoms with Gasteiger partial charge in [0.1, 0.15) is 0 Å². The van der Waals surface area contributed by atoms with Gasteiger partial charge in [0, 0.05) is 11.8 Å². The first kappa shape index (κ1) is 13.0. The summed E-state index contributed by atoms with van der Waals surface area (Å²) in [5, 5.41) is 3.18. The number of hydrogen-bond donors (Lipinski definition) is 1. The third kappa shape index (κ3) is 4.11. The smallest absolute Gasteiger partial charge is 0.151 e. The predicted octanol–water partition coefficient (Wildman–Crippen LogP) is 1.59. The first-order chi connectivity index (χ1) is 7.09. The van der Waals surface area contributed by atoms with Crippen molar-refractivity contribution < 1.29 is 8.42 Å². The van der Waals surface area contributed by atoms with Crippen LogP contribution in [0, 0.1) is 5.92 Å². The highest BCUT2D eigenvalue weighted by atomic mass is 32.2. The molecule has 0 bridgehead atoms. The molecule has 0 amide bonds. The molecule has 0 saturated heterocycles. The molecular weight excluding hydrogens is 210 g/mol. The topological polar surface area (TPSA) is 46.2 Å². The van der Waals surface area contributed by atoms with Crippen LogP contribution in [-0.2, 0) is 9.84 Å². The number of hydrogen-bond acceptors (Lipinski definition) is 3. The number of rotatable bonds is 5. The molecule has 1 unspecified atom stereocenters. The average Bonchev–Trinajstić information content (AvgIpc) is 2.27. The van der Waals surface area contributed by atoms with Gasteiger partial charge in [-0.15, -0.1) is 0 Å². The SMILES string of the molecule is CCS(=O)(=O)CC(NC)C1CCCCC1. The molecule has 3 nitrogen and oxygen atoms in total. The summed E-state index contributed by atoms with van der Waals surface area (Å²) < 4.78 is 23.1. The van der Waals surface area contributed by atoms with E-state index in [0.717, 1.165) is 0 Å². The maximum absolute atomic E-state index is 11.6. The van der Waals surface area contributed by atoms with Gasteiger partial charge in [0.25, 0.3) is 0 Å². The molecule has 1 rings (SSSR count). The number of sulfone groups is 1. The summed E-state index contributed by atoms with van der Waals surface area (Å²) in [5.74, 6) is 1.13. The molecule has 0 aliphatic heterocycles. The van der Waals surface area contributed by atoms with E-state index >= 15 is 0 Å². The highest BCUT2D eigenvalue weighted by molar-refractivity contribution is 7.91. The molecule has 90 valence electrons. The monoisotopic (exact) mass is 233 g/mol. The first-order valence-corrected chi connectivity index (χ1v) is 7.79. The molecule has 1 fully saturated rings. The molecule has 0 radical (unpaired) electrons. The molecule has 15 heavy (non-hydrogen) atoms. The summed E-state index contributed by atoms with van der Waals surface area (Å²) in [7, 11) is -0.963. The van der Waals surface area contributed by atoms with E-state index in [1.807, 2.05) is 7.05 Å². The van der Waals surface area contributed by atoms with Gasteiger partial charge in [0.2, 0.25) is 0 Å². The normalized spacial score (nSPS) is 21.5. The molecule has 1 saturated carbocycles. The summed E-state index contributed by atoms with van der Waals surface area (Å²) in [6.07, 6.45) is 6.20. The van der Waals surface area contributed by atoms with Crippen LogP contribution in [0.15, 0.2) is 0 Å². The van der Waals surface area contributed by atoms with E-state index in [0.29, 0.717) is 11.7 Å². The molecule has 1 N–H and O–H groups in total. The Labute approximate surface area is 93.6 Å². The lowest BCUT2D eigenvalue weighted by molar-refractivity contribution is 0.292. The van der Waals surface area contributed by atoms with Gasteiger partial charge in [-0.25, -0.2) is 8.42 Å². The van der Waals surface area contributed by atoms with Crippen LogP contribution in [0.3, 0.4) is 0 Å². The second-order valence-corrected chi connectivity index (χ2v) is 6.89. The summed E-state index contributed by atoms with van der Waals surface area (Å²) in [6, 6.07) is 0.162. The van der Waals surface area contributed by atoms with Crippen LogP contribution in [0.25, 0.3) is 0 Å². The van der Waals surface area contributed by atoms with Gasteiger partial charge in [0.05, 0.1) is 5.75 Å². The second kappa shape index (κ2) is 5.85. The number of nitrogens with one attached hydrogen (secondary N) is 1. The Hall–Kier alpha value is -0.0900. The van der Waals surface area contributed by atoms with Crippen LogP contribution < -0.4 is 5.32 Å². The van der Waals surface area contributed by atoms with E-state index < -0.39 is 9.84 Å². The van der Waals surface area contributed by atoms with Gasteiger partial charge in [-0.1, -0.05) is 26.2 Å². The van der Waals surface area contributed by atoms with Gasteiger partial charge >= 0.3 is 0 Å². The molecular formula is C11H23NO2S. The Morgan fingerprint density at radius 1 is 1.27 bits per heavy atom. The van der Waals surface area contributed by atoms with E-state index in [9.17, 15) is 8.42 Å². The summed E-state index contributed by atoms with van der Waals surface area (Å²) in [5.41, 5.74) is 0. The molecule has 1 atom stereocenters. The quantitative estimate of drug-likeness (QED) is 0.784. The Morgan fingerprint density at radius 2 is 1.87 bits per heavy atom. The molecule has 0 heterocycles. The largest absolute Gasteiger partial charge is 0.316 e. The van der Waals surface area contributed by atoms with Gasteiger partial charge in [-0.2, -0.15) is 0 Å². The van der Waals surface area contributed by atoms with Crippen molar-refractivity contribution in [3.8, 4) is 0 Å². The first-order valence-electron chi connectivity index (χ1n) is 5.96. The van der Waals surface area contributed by atoms with E-state index in [-0.39, 0.29) is 11.8 Å². The fraction of sp³-hybridized carbons (Fsp3) is 1.00. The fourth-order valence-corrected chi connectivity index (χ4v) is 3.60. The van der Waals surface area contributed by atoms with Crippen LogP contribution in [-0.4, -0.2) is 33.0 Å². The van der Waals surface area contributed by atoms with Crippen LogP contribution >= 0.6 is 0 Å². The molecule has 0 aromatic rings. The molecule has 0 aromatic carbocycles. The second-order valence-electron chi connectivity index (χ2n) is 4.49. The van der Waals surface area contributed by atoms with Crippen molar-refractivity contribution in [3.05, 3.63) is 0 Å². The summed E-state index contributed by atoms with van der Waals surface area (Å²) in [4.78, 5) is 0. The molecule has 1 aliphatic rings. The van der Waals surface area contributed by atoms with Crippen molar-refractivity contribution in [1.82, 2.24) is 5.32 Å². The lowest BCUT2D eigenvalue weighted by Crippen LogP contribution is -2.40. The average molecular weight is 233 g/mol. The van der Waals surface area contributed by atoms with Crippen LogP contribution in [0.4, 0.5) is 0 Å². The Kier molecular flexibility index (Phi) is 5.06. The minimum Gasteiger partial charge on any atom is -0.316 e. The van der Waals surface area contributed by atoms with Crippen molar-refractivity contribution in [2.75, 3.05) is 18.6 Å². The van der Waals surface area contributed by atoms with Gasteiger partial charge in [-0.05, 0) is 25.8 Å². The lowest BCUT2D eigenvalue weighted by Gasteiger charge is -2.29. The Bertz CT molecular complexity index is 268. The van der Waals surface area contributed by atoms with Crippen LogP contribution in [0.2, 0.25) is 0 Å². The van der Waals surface area contributed by atoms with Gasteiger partial charge in [-0.3, -0.25) is 0 Å². The van der Waals surface area contributed by atoms with E-state index in [1.54, 1.807) is 6.92 Å². The van der Waals surface area contributed by atoms with Crippen molar-refractivity contribution >= 4 is 9.84 Å². The predicted molar refractivity (Wildman–Crippen MR) is 63.8 cm³/mol. The third-order valence-corrected chi connectivity index (χ3v) is 5.21. The summed E-state index contributed by atoms with van der Waals surface area (Å²) >= 11 is 0. The van der Waals surface area contributed by atoms with Crippen molar-refractivity contribution in [1.29, 1.82) is 0 Å². The molecule has 1 aliphatic carbocycles. The lowest BCUT2D eigenvalue weighted by atomic mass is 9.84. The van der Waals surface area contributed by atoms with Gasteiger partial charge in [0.15, 0.2) is 9.84 Å². The Balaban J connectivity index is 2.54. The Morgan fingerprint density at radius 3 is 2.33 bits per heavy atom. The highest BCUT2D eigenvalue weighted by Gasteiger charge is 2.26. The maximum atomic E-state index is 11.6. The third-order valence-electron chi connectivity index (χ3n) is 3.46.